The summed E-state index contributed by atoms with van der Waals surface area (Å²) in [4.78, 5) is 0. The van der Waals surface area contributed by atoms with Gasteiger partial charge in [0.15, 0.2) is 0 Å². The van der Waals surface area contributed by atoms with Crippen LogP contribution >= 0.6 is 0 Å². The Balaban J connectivity index is 1.85. The third-order valence-electron chi connectivity index (χ3n) is 4.16. The number of aromatic nitrogens is 2. The lowest BCUT2D eigenvalue weighted by atomic mass is 9.98. The smallest absolute Gasteiger partial charge is 0.136 e. The van der Waals surface area contributed by atoms with Crippen molar-refractivity contribution in [3.8, 4) is 0 Å². The summed E-state index contributed by atoms with van der Waals surface area (Å²) in [5.41, 5.74) is 0.459. The number of hydrogen-bond donors (Lipinski definition) is 2. The molecule has 6 heteroatoms. The van der Waals surface area contributed by atoms with E-state index in [1.165, 1.54) is 12.1 Å². The van der Waals surface area contributed by atoms with Crippen LogP contribution in [0.2, 0.25) is 0 Å². The van der Waals surface area contributed by atoms with Gasteiger partial charge in [-0.2, -0.15) is 5.10 Å². The maximum absolute atomic E-state index is 13.7. The van der Waals surface area contributed by atoms with Gasteiger partial charge >= 0.3 is 0 Å². The molecule has 3 rings (SSSR count). The molecule has 0 aliphatic heterocycles. The predicted octanol–water partition coefficient (Wildman–Crippen LogP) is 3.05. The van der Waals surface area contributed by atoms with E-state index >= 15 is 0 Å². The number of halogens is 1. The van der Waals surface area contributed by atoms with Crippen molar-refractivity contribution in [2.45, 2.75) is 25.5 Å². The number of aliphatic hydroxyl groups is 1. The number of nitrogens with one attached hydrogen (secondary N) is 1. The number of nitrogens with zero attached hydrogens (tertiary/aromatic N) is 2. The first-order valence-corrected chi connectivity index (χ1v) is 8.12. The average molecular weight is 343 g/mol. The van der Waals surface area contributed by atoms with Gasteiger partial charge in [-0.3, -0.25) is 4.68 Å². The first-order valence-electron chi connectivity index (χ1n) is 8.12. The lowest BCUT2D eigenvalue weighted by molar-refractivity contribution is 0.0318. The van der Waals surface area contributed by atoms with Crippen LogP contribution in [0.15, 0.2) is 53.2 Å². The second kappa shape index (κ2) is 6.82. The van der Waals surface area contributed by atoms with Gasteiger partial charge in [0.1, 0.15) is 22.9 Å². The summed E-state index contributed by atoms with van der Waals surface area (Å²) in [5.74, 6) is 0.924. The molecule has 2 heterocycles. The van der Waals surface area contributed by atoms with Crippen LogP contribution in [0.25, 0.3) is 0 Å². The zero-order valence-corrected chi connectivity index (χ0v) is 14.5. The van der Waals surface area contributed by atoms with Gasteiger partial charge in [0.05, 0.1) is 12.2 Å². The van der Waals surface area contributed by atoms with Gasteiger partial charge in [0.25, 0.3) is 0 Å². The molecule has 0 unspecified atom stereocenters. The van der Waals surface area contributed by atoms with E-state index in [2.05, 4.69) is 10.4 Å². The fourth-order valence-electron chi connectivity index (χ4n) is 2.82. The lowest BCUT2D eigenvalue weighted by Crippen LogP contribution is -2.37. The van der Waals surface area contributed by atoms with E-state index in [9.17, 15) is 9.50 Å². The molecule has 0 bridgehead atoms. The molecule has 0 saturated carbocycles. The Morgan fingerprint density at radius 3 is 2.72 bits per heavy atom. The maximum Gasteiger partial charge on any atom is 0.136 e. The topological polar surface area (TPSA) is 63.2 Å². The summed E-state index contributed by atoms with van der Waals surface area (Å²) >= 11 is 0. The Morgan fingerprint density at radius 1 is 1.32 bits per heavy atom. The van der Waals surface area contributed by atoms with Crippen molar-refractivity contribution < 1.29 is 13.9 Å². The van der Waals surface area contributed by atoms with E-state index in [-0.39, 0.29) is 18.4 Å². The lowest BCUT2D eigenvalue weighted by Gasteiger charge is -2.26. The minimum absolute atomic E-state index is 0.232. The summed E-state index contributed by atoms with van der Waals surface area (Å²) in [5, 5.41) is 18.3. The Kier molecular flexibility index (Phi) is 4.74. The number of rotatable bonds is 6. The molecule has 2 aromatic heterocycles. The summed E-state index contributed by atoms with van der Waals surface area (Å²) in [6.07, 6.45) is 3.60. The molecule has 0 aliphatic rings. The van der Waals surface area contributed by atoms with Crippen molar-refractivity contribution >= 4 is 0 Å². The van der Waals surface area contributed by atoms with Gasteiger partial charge in [0.2, 0.25) is 0 Å². The van der Waals surface area contributed by atoms with E-state index in [0.29, 0.717) is 5.76 Å². The van der Waals surface area contributed by atoms with Crippen molar-refractivity contribution in [3.05, 3.63) is 77.3 Å². The highest BCUT2D eigenvalue weighted by Crippen LogP contribution is 2.26. The van der Waals surface area contributed by atoms with Crippen LogP contribution in [0, 0.1) is 12.7 Å². The van der Waals surface area contributed by atoms with Crippen molar-refractivity contribution in [2.24, 2.45) is 7.05 Å². The average Bonchev–Trinajstić information content (AvgIpc) is 3.17. The maximum atomic E-state index is 13.7. The molecule has 0 amide bonds. The highest BCUT2D eigenvalue weighted by Gasteiger charge is 2.28. The number of benzene rings is 1. The van der Waals surface area contributed by atoms with Crippen molar-refractivity contribution in [3.63, 3.8) is 0 Å². The fraction of sp³-hybridized carbons (Fsp3) is 0.316. The van der Waals surface area contributed by atoms with Crippen LogP contribution in [0.4, 0.5) is 4.39 Å². The number of furan rings is 1. The minimum Gasteiger partial charge on any atom is -0.463 e. The zero-order valence-electron chi connectivity index (χ0n) is 14.5. The number of hydrogen-bond acceptors (Lipinski definition) is 4. The highest BCUT2D eigenvalue weighted by molar-refractivity contribution is 5.30. The zero-order chi connectivity index (χ0) is 18.0. The molecule has 3 aromatic rings. The van der Waals surface area contributed by atoms with Gasteiger partial charge in [-0.05, 0) is 43.7 Å². The van der Waals surface area contributed by atoms with E-state index < -0.39 is 5.60 Å². The van der Waals surface area contributed by atoms with Gasteiger partial charge in [0, 0.05) is 25.4 Å². The molecule has 2 N–H and O–H groups in total. The van der Waals surface area contributed by atoms with Gasteiger partial charge < -0.3 is 14.8 Å². The Hall–Kier alpha value is -2.44. The highest BCUT2D eigenvalue weighted by atomic mass is 19.1. The van der Waals surface area contributed by atoms with Crippen LogP contribution in [-0.2, 0) is 12.6 Å². The van der Waals surface area contributed by atoms with E-state index in [1.54, 1.807) is 29.9 Å². The van der Waals surface area contributed by atoms with Crippen molar-refractivity contribution in [2.75, 3.05) is 6.54 Å². The molecule has 5 nitrogen and oxygen atoms in total. The monoisotopic (exact) mass is 343 g/mol. The third kappa shape index (κ3) is 3.97. The fourth-order valence-corrected chi connectivity index (χ4v) is 2.82. The second-order valence-electron chi connectivity index (χ2n) is 6.50. The van der Waals surface area contributed by atoms with Crippen LogP contribution in [0.3, 0.4) is 0 Å². The van der Waals surface area contributed by atoms with Crippen molar-refractivity contribution in [1.82, 2.24) is 15.1 Å². The molecule has 132 valence electrons. The van der Waals surface area contributed by atoms with Crippen molar-refractivity contribution in [1.29, 1.82) is 0 Å². The minimum atomic E-state index is -1.19. The quantitative estimate of drug-likeness (QED) is 0.722. The molecule has 1 aromatic carbocycles. The normalized spacial score (nSPS) is 15.1. The molecule has 0 spiro atoms. The second-order valence-corrected chi connectivity index (χ2v) is 6.50. The van der Waals surface area contributed by atoms with Crippen LogP contribution in [0.1, 0.15) is 35.6 Å². The van der Waals surface area contributed by atoms with E-state index in [1.807, 2.05) is 32.3 Å². The van der Waals surface area contributed by atoms with Gasteiger partial charge in [-0.15, -0.1) is 0 Å². The van der Waals surface area contributed by atoms with E-state index in [0.717, 1.165) is 16.9 Å². The Labute approximate surface area is 146 Å². The molecule has 25 heavy (non-hydrogen) atoms. The van der Waals surface area contributed by atoms with Crippen LogP contribution in [-0.4, -0.2) is 21.4 Å². The summed E-state index contributed by atoms with van der Waals surface area (Å²) in [7, 11) is 1.83. The first-order chi connectivity index (χ1) is 11.8. The molecule has 2 atom stereocenters. The van der Waals surface area contributed by atoms with Gasteiger partial charge in [-0.1, -0.05) is 12.1 Å². The summed E-state index contributed by atoms with van der Waals surface area (Å²) in [6, 6.07) is 9.69. The molecule has 0 radical (unpaired) electrons. The Bertz CT molecular complexity index is 854. The summed E-state index contributed by atoms with van der Waals surface area (Å²) in [6.45, 7) is 3.75. The largest absolute Gasteiger partial charge is 0.463 e. The molecule has 0 saturated heterocycles. The molecular weight excluding hydrogens is 321 g/mol. The Morgan fingerprint density at radius 2 is 2.12 bits per heavy atom. The standard InChI is InChI=1S/C19H22FN3O2/c1-13-7-8-17(25-13)19(2,24)12-21-18(15-10-22-23(3)11-15)14-5-4-6-16(20)9-14/h4-11,18,21,24H,12H2,1-3H3/t18-,19-/m1/s1. The molecule has 0 fully saturated rings. The summed E-state index contributed by atoms with van der Waals surface area (Å²) < 4.78 is 20.9. The third-order valence-corrected chi connectivity index (χ3v) is 4.16. The van der Waals surface area contributed by atoms with Crippen LogP contribution < -0.4 is 5.32 Å². The first kappa shape index (κ1) is 17.4. The van der Waals surface area contributed by atoms with E-state index in [4.69, 9.17) is 4.42 Å². The van der Waals surface area contributed by atoms with Crippen LogP contribution in [0.5, 0.6) is 0 Å². The predicted molar refractivity (Wildman–Crippen MR) is 92.5 cm³/mol. The van der Waals surface area contributed by atoms with Gasteiger partial charge in [-0.25, -0.2) is 4.39 Å². The number of aryl methyl sites for hydroxylation is 2. The SMILES string of the molecule is Cc1ccc([C@](C)(O)CN[C@H](c2cccc(F)c2)c2cnn(C)c2)o1. The molecule has 0 aliphatic carbocycles. The molecular formula is C19H22FN3O2.